The number of nitrogen functional groups attached to an aromatic ring is 1. The summed E-state index contributed by atoms with van der Waals surface area (Å²) >= 11 is 1.88. The number of rotatable bonds is 7. The Hall–Kier alpha value is -1.23. The molecule has 1 atom stereocenters. The van der Waals surface area contributed by atoms with Crippen LogP contribution in [0.5, 0.6) is 0 Å². The third kappa shape index (κ3) is 5.82. The minimum absolute atomic E-state index is 0.0823. The molecule has 0 fully saturated rings. The molecule has 0 aromatic heterocycles. The van der Waals surface area contributed by atoms with Gasteiger partial charge in [0.2, 0.25) is 5.91 Å². The van der Waals surface area contributed by atoms with E-state index in [9.17, 15) is 9.18 Å². The van der Waals surface area contributed by atoms with Crippen LogP contribution in [-0.4, -0.2) is 16.9 Å². The first-order valence-corrected chi connectivity index (χ1v) is 7.91. The number of carbonyl (C=O) groups excluding carboxylic acids is 1. The number of halogens is 1. The Morgan fingerprint density at radius 1 is 1.40 bits per heavy atom. The minimum atomic E-state index is -0.403. The molecule has 112 valence electrons. The van der Waals surface area contributed by atoms with Gasteiger partial charge in [0, 0.05) is 11.7 Å². The summed E-state index contributed by atoms with van der Waals surface area (Å²) in [6.45, 7) is 6.60. The lowest BCUT2D eigenvalue weighted by Crippen LogP contribution is -2.13. The number of hydrogen-bond acceptors (Lipinski definition) is 3. The van der Waals surface area contributed by atoms with Crippen LogP contribution in [0.2, 0.25) is 0 Å². The summed E-state index contributed by atoms with van der Waals surface area (Å²) in [5.41, 5.74) is 6.36. The fourth-order valence-electron chi connectivity index (χ4n) is 1.55. The van der Waals surface area contributed by atoms with Crippen LogP contribution >= 0.6 is 11.8 Å². The second kappa shape index (κ2) is 8.15. The number of benzene rings is 1. The van der Waals surface area contributed by atoms with Crippen molar-refractivity contribution in [2.24, 2.45) is 5.92 Å². The molecule has 0 aliphatic heterocycles. The second-order valence-corrected chi connectivity index (χ2v) is 6.69. The third-order valence-electron chi connectivity index (χ3n) is 3.16. The van der Waals surface area contributed by atoms with Crippen molar-refractivity contribution in [2.45, 2.75) is 38.9 Å². The molecule has 1 aromatic carbocycles. The molecule has 0 saturated heterocycles. The summed E-state index contributed by atoms with van der Waals surface area (Å²) in [6.07, 6.45) is 1.28. The predicted molar refractivity (Wildman–Crippen MR) is 85.4 cm³/mol. The molecule has 3 nitrogen and oxygen atoms in total. The van der Waals surface area contributed by atoms with Gasteiger partial charge < -0.3 is 11.1 Å². The molecule has 5 heteroatoms. The van der Waals surface area contributed by atoms with Crippen molar-refractivity contribution in [2.75, 3.05) is 16.8 Å². The Morgan fingerprint density at radius 2 is 2.10 bits per heavy atom. The SMILES string of the molecule is CC(C)C(C)SCCCC(=O)Nc1ccc(F)cc1N. The van der Waals surface area contributed by atoms with Crippen LogP contribution in [0.15, 0.2) is 18.2 Å². The first kappa shape index (κ1) is 16.8. The lowest BCUT2D eigenvalue weighted by molar-refractivity contribution is -0.116. The molecule has 0 heterocycles. The molecule has 1 amide bonds. The van der Waals surface area contributed by atoms with E-state index in [1.54, 1.807) is 0 Å². The van der Waals surface area contributed by atoms with Crippen molar-refractivity contribution in [3.05, 3.63) is 24.0 Å². The molecule has 0 spiro atoms. The van der Waals surface area contributed by atoms with Gasteiger partial charge in [-0.1, -0.05) is 20.8 Å². The van der Waals surface area contributed by atoms with E-state index in [1.165, 1.54) is 18.2 Å². The number of anilines is 2. The van der Waals surface area contributed by atoms with Gasteiger partial charge in [-0.05, 0) is 36.3 Å². The molecule has 20 heavy (non-hydrogen) atoms. The molecule has 0 radical (unpaired) electrons. The molecular formula is C15H23FN2OS. The third-order valence-corrected chi connectivity index (χ3v) is 4.75. The van der Waals surface area contributed by atoms with E-state index >= 15 is 0 Å². The lowest BCUT2D eigenvalue weighted by atomic mass is 10.2. The zero-order valence-corrected chi connectivity index (χ0v) is 13.1. The molecule has 0 bridgehead atoms. The van der Waals surface area contributed by atoms with E-state index in [0.717, 1.165) is 12.2 Å². The number of hydrogen-bond donors (Lipinski definition) is 2. The number of nitrogens with one attached hydrogen (secondary N) is 1. The summed E-state index contributed by atoms with van der Waals surface area (Å²) < 4.78 is 12.9. The molecular weight excluding hydrogens is 275 g/mol. The first-order valence-electron chi connectivity index (χ1n) is 6.86. The highest BCUT2D eigenvalue weighted by molar-refractivity contribution is 7.99. The first-order chi connectivity index (χ1) is 9.40. The molecule has 0 aliphatic carbocycles. The topological polar surface area (TPSA) is 55.1 Å². The summed E-state index contributed by atoms with van der Waals surface area (Å²) in [7, 11) is 0. The van der Waals surface area contributed by atoms with Gasteiger partial charge in [-0.2, -0.15) is 11.8 Å². The Bertz CT molecular complexity index is 451. The highest BCUT2D eigenvalue weighted by Crippen LogP contribution is 2.21. The summed E-state index contributed by atoms with van der Waals surface area (Å²) in [5, 5.41) is 3.31. The van der Waals surface area contributed by atoms with Crippen molar-refractivity contribution in [1.82, 2.24) is 0 Å². The fourth-order valence-corrected chi connectivity index (χ4v) is 2.62. The maximum absolute atomic E-state index is 12.9. The van der Waals surface area contributed by atoms with E-state index in [4.69, 9.17) is 5.73 Å². The molecule has 0 aliphatic rings. The van der Waals surface area contributed by atoms with Gasteiger partial charge in [-0.15, -0.1) is 0 Å². The summed E-state index contributed by atoms with van der Waals surface area (Å²) in [4.78, 5) is 11.8. The van der Waals surface area contributed by atoms with Gasteiger partial charge in [0.25, 0.3) is 0 Å². The average Bonchev–Trinajstić information content (AvgIpc) is 2.37. The van der Waals surface area contributed by atoms with Gasteiger partial charge in [0.15, 0.2) is 0 Å². The van der Waals surface area contributed by atoms with Gasteiger partial charge >= 0.3 is 0 Å². The Kier molecular flexibility index (Phi) is 6.85. The van der Waals surface area contributed by atoms with Crippen molar-refractivity contribution >= 4 is 29.0 Å². The molecule has 0 saturated carbocycles. The van der Waals surface area contributed by atoms with Crippen LogP contribution in [-0.2, 0) is 4.79 Å². The highest BCUT2D eigenvalue weighted by Gasteiger charge is 2.09. The van der Waals surface area contributed by atoms with Crippen LogP contribution in [0.1, 0.15) is 33.6 Å². The van der Waals surface area contributed by atoms with Crippen LogP contribution < -0.4 is 11.1 Å². The second-order valence-electron chi connectivity index (χ2n) is 5.20. The van der Waals surface area contributed by atoms with Gasteiger partial charge in [-0.3, -0.25) is 4.79 Å². The monoisotopic (exact) mass is 298 g/mol. The van der Waals surface area contributed by atoms with E-state index in [0.29, 0.717) is 23.3 Å². The van der Waals surface area contributed by atoms with Crippen molar-refractivity contribution < 1.29 is 9.18 Å². The van der Waals surface area contributed by atoms with Crippen molar-refractivity contribution in [3.63, 3.8) is 0 Å². The van der Waals surface area contributed by atoms with Gasteiger partial charge in [0.1, 0.15) is 5.82 Å². The molecule has 1 unspecified atom stereocenters. The Labute approximate surface area is 124 Å². The maximum Gasteiger partial charge on any atom is 0.224 e. The Morgan fingerprint density at radius 3 is 2.70 bits per heavy atom. The van der Waals surface area contributed by atoms with Gasteiger partial charge in [-0.25, -0.2) is 4.39 Å². The largest absolute Gasteiger partial charge is 0.397 e. The smallest absolute Gasteiger partial charge is 0.224 e. The van der Waals surface area contributed by atoms with Crippen molar-refractivity contribution in [3.8, 4) is 0 Å². The minimum Gasteiger partial charge on any atom is -0.397 e. The van der Waals surface area contributed by atoms with E-state index in [2.05, 4.69) is 26.1 Å². The van der Waals surface area contributed by atoms with E-state index in [-0.39, 0.29) is 11.6 Å². The highest BCUT2D eigenvalue weighted by atomic mass is 32.2. The molecule has 3 N–H and O–H groups in total. The Balaban J connectivity index is 2.30. The lowest BCUT2D eigenvalue weighted by Gasteiger charge is -2.14. The van der Waals surface area contributed by atoms with E-state index in [1.807, 2.05) is 11.8 Å². The van der Waals surface area contributed by atoms with Crippen LogP contribution in [0.4, 0.5) is 15.8 Å². The quantitative estimate of drug-likeness (QED) is 0.593. The van der Waals surface area contributed by atoms with Gasteiger partial charge in [0.05, 0.1) is 11.4 Å². The number of carbonyl (C=O) groups is 1. The maximum atomic E-state index is 12.9. The van der Waals surface area contributed by atoms with E-state index < -0.39 is 5.82 Å². The predicted octanol–water partition coefficient (Wildman–Crippen LogP) is 3.90. The number of nitrogens with two attached hydrogens (primary N) is 1. The zero-order chi connectivity index (χ0) is 15.1. The standard InChI is InChI=1S/C15H23FN2OS/c1-10(2)11(3)20-8-4-5-15(19)18-14-7-6-12(16)9-13(14)17/h6-7,9-11H,4-5,8,17H2,1-3H3,(H,18,19). The molecule has 1 aromatic rings. The number of amides is 1. The normalized spacial score (nSPS) is 12.4. The average molecular weight is 298 g/mol. The van der Waals surface area contributed by atoms with Crippen LogP contribution in [0.25, 0.3) is 0 Å². The van der Waals surface area contributed by atoms with Crippen molar-refractivity contribution in [1.29, 1.82) is 0 Å². The van der Waals surface area contributed by atoms with Crippen LogP contribution in [0, 0.1) is 11.7 Å². The molecule has 1 rings (SSSR count). The van der Waals surface area contributed by atoms with Crippen LogP contribution in [0.3, 0.4) is 0 Å². The summed E-state index contributed by atoms with van der Waals surface area (Å²) in [6, 6.07) is 3.97. The number of thioether (sulfide) groups is 1. The fraction of sp³-hybridized carbons (Fsp3) is 0.533. The summed E-state index contributed by atoms with van der Waals surface area (Å²) in [5.74, 6) is 1.12. The zero-order valence-electron chi connectivity index (χ0n) is 12.3.